The zero-order chi connectivity index (χ0) is 31.1. The summed E-state index contributed by atoms with van der Waals surface area (Å²) in [5.74, 6) is 1.53. The summed E-state index contributed by atoms with van der Waals surface area (Å²) in [6.07, 6.45) is 12.1. The van der Waals surface area contributed by atoms with Crippen LogP contribution in [-0.2, 0) is 17.0 Å². The van der Waals surface area contributed by atoms with Crippen LogP contribution in [0.1, 0.15) is 105 Å². The number of carbonyl (C=O) groups excluding carboxylic acids is 1. The topological polar surface area (TPSA) is 59.8 Å². The van der Waals surface area contributed by atoms with Gasteiger partial charge in [0.2, 0.25) is 5.91 Å². The Morgan fingerprint density at radius 1 is 0.841 bits per heavy atom. The molecule has 0 aliphatic carbocycles. The van der Waals surface area contributed by atoms with Crippen molar-refractivity contribution in [3.63, 3.8) is 0 Å². The van der Waals surface area contributed by atoms with Gasteiger partial charge in [0.25, 0.3) is 0 Å². The normalized spacial score (nSPS) is 11.9. The first-order valence-electron chi connectivity index (χ1n) is 16.2. The Labute approximate surface area is 273 Å². The molecular formula is C37H47ClN4OS. The summed E-state index contributed by atoms with van der Waals surface area (Å²) in [5.41, 5.74) is 5.58. The molecule has 4 rings (SSSR count). The number of nitrogens with one attached hydrogen (secondary N) is 1. The van der Waals surface area contributed by atoms with E-state index in [-0.39, 0.29) is 11.9 Å². The number of unbranched alkanes of at least 4 members (excludes halogenated alkanes) is 8. The van der Waals surface area contributed by atoms with Crippen LogP contribution in [0.5, 0.6) is 0 Å². The second-order valence-electron chi connectivity index (χ2n) is 11.8. The Kier molecular flexibility index (Phi) is 13.8. The summed E-state index contributed by atoms with van der Waals surface area (Å²) >= 11 is 8.16. The van der Waals surface area contributed by atoms with E-state index in [4.69, 9.17) is 16.7 Å². The van der Waals surface area contributed by atoms with E-state index in [1.165, 1.54) is 56.1 Å². The Bertz CT molecular complexity index is 1460. The number of halogens is 1. The third kappa shape index (κ3) is 10.5. The van der Waals surface area contributed by atoms with Gasteiger partial charge in [-0.05, 0) is 55.5 Å². The van der Waals surface area contributed by atoms with Gasteiger partial charge in [0.05, 0.1) is 11.7 Å². The van der Waals surface area contributed by atoms with E-state index >= 15 is 0 Å². The summed E-state index contributed by atoms with van der Waals surface area (Å²) < 4.78 is 2.09. The first kappa shape index (κ1) is 33.8. The Morgan fingerprint density at radius 2 is 1.55 bits per heavy atom. The van der Waals surface area contributed by atoms with Gasteiger partial charge >= 0.3 is 0 Å². The van der Waals surface area contributed by atoms with Crippen LogP contribution >= 0.6 is 23.4 Å². The molecule has 0 saturated carbocycles. The molecule has 0 fully saturated rings. The third-order valence-corrected chi connectivity index (χ3v) is 9.19. The lowest BCUT2D eigenvalue weighted by Crippen LogP contribution is -2.32. The first-order valence-corrected chi connectivity index (χ1v) is 17.5. The summed E-state index contributed by atoms with van der Waals surface area (Å²) in [7, 11) is 0. The lowest BCUT2D eigenvalue weighted by Gasteiger charge is -2.21. The van der Waals surface area contributed by atoms with E-state index in [0.717, 1.165) is 40.6 Å². The van der Waals surface area contributed by atoms with Crippen LogP contribution in [0.15, 0.2) is 78.0 Å². The zero-order valence-corrected chi connectivity index (χ0v) is 28.1. The molecule has 1 N–H and O–H groups in total. The summed E-state index contributed by atoms with van der Waals surface area (Å²) in [5, 5.41) is 14.2. The molecule has 4 aromatic rings. The number of thioether (sulfide) groups is 1. The van der Waals surface area contributed by atoms with E-state index in [1.807, 2.05) is 36.4 Å². The van der Waals surface area contributed by atoms with Gasteiger partial charge in [0.15, 0.2) is 11.0 Å². The molecule has 44 heavy (non-hydrogen) atoms. The van der Waals surface area contributed by atoms with Crippen LogP contribution < -0.4 is 5.32 Å². The van der Waals surface area contributed by atoms with E-state index in [2.05, 4.69) is 72.2 Å². The van der Waals surface area contributed by atoms with Crippen molar-refractivity contribution >= 4 is 29.3 Å². The molecule has 0 spiro atoms. The standard InChI is InChI=1S/C37H47ClN4OS/c1-4-5-6-7-8-9-10-11-15-21-35(43)39-33(25-30-18-13-12-14-19-30)36-40-41-37(44-27-31-20-16-17-28(2)24-31)42(36)34-26-32(38)23-22-29(34)3/h12-14,16-20,22-24,26,33H,4-11,15,21,25,27H2,1-3H3,(H,39,43). The molecule has 0 aliphatic heterocycles. The number of aryl methyl sites for hydroxylation is 2. The minimum Gasteiger partial charge on any atom is -0.346 e. The van der Waals surface area contributed by atoms with Crippen LogP contribution in [0.3, 0.4) is 0 Å². The van der Waals surface area contributed by atoms with Crippen molar-refractivity contribution in [3.05, 3.63) is 106 Å². The fraction of sp³-hybridized carbons (Fsp3) is 0.432. The summed E-state index contributed by atoms with van der Waals surface area (Å²) in [4.78, 5) is 13.3. The third-order valence-electron chi connectivity index (χ3n) is 7.96. The van der Waals surface area contributed by atoms with Gasteiger partial charge in [0, 0.05) is 17.2 Å². The van der Waals surface area contributed by atoms with Crippen molar-refractivity contribution < 1.29 is 4.79 Å². The van der Waals surface area contributed by atoms with Gasteiger partial charge in [-0.15, -0.1) is 10.2 Å². The number of aromatic nitrogens is 3. The lowest BCUT2D eigenvalue weighted by molar-refractivity contribution is -0.122. The largest absolute Gasteiger partial charge is 0.346 e. The van der Waals surface area contributed by atoms with Crippen LogP contribution in [0, 0.1) is 13.8 Å². The van der Waals surface area contributed by atoms with Gasteiger partial charge in [-0.1, -0.05) is 148 Å². The van der Waals surface area contributed by atoms with Gasteiger partial charge in [-0.3, -0.25) is 9.36 Å². The fourth-order valence-corrected chi connectivity index (χ4v) is 6.58. The molecule has 1 unspecified atom stereocenters. The average Bonchev–Trinajstić information content (AvgIpc) is 3.44. The fourth-order valence-electron chi connectivity index (χ4n) is 5.52. The number of amides is 1. The highest BCUT2D eigenvalue weighted by Crippen LogP contribution is 2.32. The molecule has 1 heterocycles. The van der Waals surface area contributed by atoms with Gasteiger partial charge in [0.1, 0.15) is 0 Å². The molecule has 1 aromatic heterocycles. The maximum Gasteiger partial charge on any atom is 0.220 e. The average molecular weight is 631 g/mol. The smallest absolute Gasteiger partial charge is 0.220 e. The maximum absolute atomic E-state index is 13.3. The highest BCUT2D eigenvalue weighted by atomic mass is 35.5. The van der Waals surface area contributed by atoms with Crippen LogP contribution in [0.4, 0.5) is 0 Å². The van der Waals surface area contributed by atoms with Gasteiger partial charge < -0.3 is 5.32 Å². The molecular weight excluding hydrogens is 584 g/mol. The van der Waals surface area contributed by atoms with E-state index in [1.54, 1.807) is 11.8 Å². The SMILES string of the molecule is CCCCCCCCCCCC(=O)NC(Cc1ccccc1)c1nnc(SCc2cccc(C)c2)n1-c1cc(Cl)ccc1C. The minimum absolute atomic E-state index is 0.0557. The molecule has 0 aliphatic rings. The highest BCUT2D eigenvalue weighted by Gasteiger charge is 2.26. The quantitative estimate of drug-likeness (QED) is 0.0877. The molecule has 1 atom stereocenters. The molecule has 7 heteroatoms. The van der Waals surface area contributed by atoms with E-state index in [9.17, 15) is 4.79 Å². The number of hydrogen-bond acceptors (Lipinski definition) is 4. The van der Waals surface area contributed by atoms with Crippen molar-refractivity contribution in [2.75, 3.05) is 0 Å². The predicted octanol–water partition coefficient (Wildman–Crippen LogP) is 10.2. The molecule has 1 amide bonds. The highest BCUT2D eigenvalue weighted by molar-refractivity contribution is 7.98. The number of rotatable bonds is 18. The summed E-state index contributed by atoms with van der Waals surface area (Å²) in [6.45, 7) is 6.43. The lowest BCUT2D eigenvalue weighted by atomic mass is 10.0. The van der Waals surface area contributed by atoms with Crippen LogP contribution in [-0.4, -0.2) is 20.7 Å². The minimum atomic E-state index is -0.345. The van der Waals surface area contributed by atoms with Gasteiger partial charge in [-0.25, -0.2) is 0 Å². The molecule has 234 valence electrons. The van der Waals surface area contributed by atoms with Crippen molar-refractivity contribution in [2.45, 2.75) is 108 Å². The Hall–Kier alpha value is -3.09. The number of carbonyl (C=O) groups is 1. The molecule has 0 saturated heterocycles. The second kappa shape index (κ2) is 18.0. The Balaban J connectivity index is 1.54. The number of nitrogens with zero attached hydrogens (tertiary/aromatic N) is 3. The summed E-state index contributed by atoms with van der Waals surface area (Å²) in [6, 6.07) is 24.3. The number of hydrogen-bond donors (Lipinski definition) is 1. The zero-order valence-electron chi connectivity index (χ0n) is 26.5. The van der Waals surface area contributed by atoms with E-state index in [0.29, 0.717) is 23.7 Å². The molecule has 3 aromatic carbocycles. The second-order valence-corrected chi connectivity index (χ2v) is 13.2. The first-order chi connectivity index (χ1) is 21.4. The van der Waals surface area contributed by atoms with Crippen molar-refractivity contribution in [1.29, 1.82) is 0 Å². The Morgan fingerprint density at radius 3 is 2.27 bits per heavy atom. The van der Waals surface area contributed by atoms with Crippen molar-refractivity contribution in [3.8, 4) is 5.69 Å². The van der Waals surface area contributed by atoms with Crippen molar-refractivity contribution in [2.24, 2.45) is 0 Å². The van der Waals surface area contributed by atoms with Crippen LogP contribution in [0.2, 0.25) is 5.02 Å². The maximum atomic E-state index is 13.3. The monoisotopic (exact) mass is 630 g/mol. The molecule has 0 bridgehead atoms. The molecule has 0 radical (unpaired) electrons. The van der Waals surface area contributed by atoms with E-state index < -0.39 is 0 Å². The molecule has 5 nitrogen and oxygen atoms in total. The van der Waals surface area contributed by atoms with Gasteiger partial charge in [-0.2, -0.15) is 0 Å². The van der Waals surface area contributed by atoms with Crippen molar-refractivity contribution in [1.82, 2.24) is 20.1 Å². The predicted molar refractivity (Wildman–Crippen MR) is 185 cm³/mol. The number of benzene rings is 3. The van der Waals surface area contributed by atoms with Crippen LogP contribution in [0.25, 0.3) is 5.69 Å².